The highest BCUT2D eigenvalue weighted by atomic mass is 16.5. The molecule has 0 radical (unpaired) electrons. The molecule has 0 heterocycles. The lowest BCUT2D eigenvalue weighted by Crippen LogP contribution is -2.05. The van der Waals surface area contributed by atoms with E-state index in [0.29, 0.717) is 19.8 Å². The van der Waals surface area contributed by atoms with E-state index in [1.54, 1.807) is 7.11 Å². The van der Waals surface area contributed by atoms with E-state index < -0.39 is 0 Å². The lowest BCUT2D eigenvalue weighted by molar-refractivity contribution is 0.240. The monoisotopic (exact) mass is 302 g/mol. The highest BCUT2D eigenvalue weighted by Crippen LogP contribution is 2.25. The molecule has 0 aliphatic carbocycles. The van der Waals surface area contributed by atoms with Gasteiger partial charge in [-0.3, -0.25) is 0 Å². The van der Waals surface area contributed by atoms with Gasteiger partial charge in [-0.05, 0) is 43.3 Å². The van der Waals surface area contributed by atoms with Crippen LogP contribution in [-0.4, -0.2) is 26.9 Å². The second kappa shape index (κ2) is 8.82. The molecule has 0 N–H and O–H groups in total. The lowest BCUT2D eigenvalue weighted by atomic mass is 10.3. The van der Waals surface area contributed by atoms with E-state index in [1.165, 1.54) is 0 Å². The van der Waals surface area contributed by atoms with Gasteiger partial charge in [0, 0.05) is 6.42 Å². The Morgan fingerprint density at radius 2 is 1.32 bits per heavy atom. The van der Waals surface area contributed by atoms with Gasteiger partial charge in [0.15, 0.2) is 11.5 Å². The third-order valence-corrected chi connectivity index (χ3v) is 3.02. The molecule has 0 aliphatic heterocycles. The maximum atomic E-state index is 5.69. The molecule has 0 saturated carbocycles. The second-order valence-corrected chi connectivity index (χ2v) is 4.61. The predicted molar refractivity (Wildman–Crippen MR) is 86.2 cm³/mol. The Labute approximate surface area is 131 Å². The van der Waals surface area contributed by atoms with Gasteiger partial charge >= 0.3 is 0 Å². The SMILES string of the molecule is CCOc1ccc(OCCCOc2ccccc2OC)cc1. The van der Waals surface area contributed by atoms with Crippen LogP contribution in [0.1, 0.15) is 13.3 Å². The van der Waals surface area contributed by atoms with Gasteiger partial charge in [-0.2, -0.15) is 0 Å². The molecule has 0 aliphatic rings. The van der Waals surface area contributed by atoms with Gasteiger partial charge in [-0.1, -0.05) is 12.1 Å². The fourth-order valence-electron chi connectivity index (χ4n) is 1.97. The van der Waals surface area contributed by atoms with E-state index in [0.717, 1.165) is 29.4 Å². The van der Waals surface area contributed by atoms with Gasteiger partial charge in [0.25, 0.3) is 0 Å². The molecule has 0 spiro atoms. The highest BCUT2D eigenvalue weighted by Gasteiger charge is 2.02. The van der Waals surface area contributed by atoms with Gasteiger partial charge < -0.3 is 18.9 Å². The first-order valence-electron chi connectivity index (χ1n) is 7.45. The molecule has 22 heavy (non-hydrogen) atoms. The molecule has 0 unspecified atom stereocenters. The minimum Gasteiger partial charge on any atom is -0.494 e. The van der Waals surface area contributed by atoms with Crippen molar-refractivity contribution >= 4 is 0 Å². The van der Waals surface area contributed by atoms with Crippen LogP contribution >= 0.6 is 0 Å². The van der Waals surface area contributed by atoms with Crippen molar-refractivity contribution in [2.75, 3.05) is 26.9 Å². The van der Waals surface area contributed by atoms with E-state index in [4.69, 9.17) is 18.9 Å². The van der Waals surface area contributed by atoms with E-state index in [-0.39, 0.29) is 0 Å². The fourth-order valence-corrected chi connectivity index (χ4v) is 1.97. The summed E-state index contributed by atoms with van der Waals surface area (Å²) < 4.78 is 22.0. The van der Waals surface area contributed by atoms with Crippen LogP contribution < -0.4 is 18.9 Å². The molecule has 2 rings (SSSR count). The quantitative estimate of drug-likeness (QED) is 0.657. The first kappa shape index (κ1) is 16.0. The molecule has 2 aromatic carbocycles. The number of hydrogen-bond donors (Lipinski definition) is 0. The number of benzene rings is 2. The van der Waals surface area contributed by atoms with Crippen LogP contribution in [0.15, 0.2) is 48.5 Å². The van der Waals surface area contributed by atoms with Crippen molar-refractivity contribution in [2.45, 2.75) is 13.3 Å². The third kappa shape index (κ3) is 4.88. The predicted octanol–water partition coefficient (Wildman–Crippen LogP) is 3.94. The molecule has 4 nitrogen and oxygen atoms in total. The van der Waals surface area contributed by atoms with Crippen LogP contribution in [0.25, 0.3) is 0 Å². The average Bonchev–Trinajstić information content (AvgIpc) is 2.57. The smallest absolute Gasteiger partial charge is 0.161 e. The number of rotatable bonds is 9. The summed E-state index contributed by atoms with van der Waals surface area (Å²) in [6.45, 7) is 3.81. The van der Waals surface area contributed by atoms with Gasteiger partial charge in [0.2, 0.25) is 0 Å². The normalized spacial score (nSPS) is 10.1. The molecule has 0 saturated heterocycles. The van der Waals surface area contributed by atoms with E-state index in [2.05, 4.69) is 0 Å². The standard InChI is InChI=1S/C18H22O4/c1-3-20-15-9-11-16(12-10-15)21-13-6-14-22-18-8-5-4-7-17(18)19-2/h4-5,7-12H,3,6,13-14H2,1-2H3. The van der Waals surface area contributed by atoms with Gasteiger partial charge in [0.1, 0.15) is 11.5 Å². The molecule has 0 fully saturated rings. The topological polar surface area (TPSA) is 36.9 Å². The van der Waals surface area contributed by atoms with Crippen LogP contribution in [-0.2, 0) is 0 Å². The molecule has 118 valence electrons. The van der Waals surface area contributed by atoms with Gasteiger partial charge in [-0.15, -0.1) is 0 Å². The maximum Gasteiger partial charge on any atom is 0.161 e. The summed E-state index contributed by atoms with van der Waals surface area (Å²) in [5.41, 5.74) is 0. The Morgan fingerprint density at radius 3 is 1.95 bits per heavy atom. The Bertz CT molecular complexity index is 551. The minimum absolute atomic E-state index is 0.581. The summed E-state index contributed by atoms with van der Waals surface area (Å²) in [5.74, 6) is 3.19. The van der Waals surface area contributed by atoms with E-state index >= 15 is 0 Å². The van der Waals surface area contributed by atoms with Crippen LogP contribution in [0.2, 0.25) is 0 Å². The summed E-state index contributed by atoms with van der Waals surface area (Å²) in [5, 5.41) is 0. The Kier molecular flexibility index (Phi) is 6.42. The van der Waals surface area contributed by atoms with Crippen molar-refractivity contribution in [3.63, 3.8) is 0 Å². The van der Waals surface area contributed by atoms with Crippen LogP contribution in [0.3, 0.4) is 0 Å². The van der Waals surface area contributed by atoms with E-state index in [9.17, 15) is 0 Å². The van der Waals surface area contributed by atoms with Crippen LogP contribution in [0, 0.1) is 0 Å². The van der Waals surface area contributed by atoms with Gasteiger partial charge in [-0.25, -0.2) is 0 Å². The van der Waals surface area contributed by atoms with Gasteiger partial charge in [0.05, 0.1) is 26.9 Å². The largest absolute Gasteiger partial charge is 0.494 e. The number of para-hydroxylation sites is 2. The second-order valence-electron chi connectivity index (χ2n) is 4.61. The summed E-state index contributed by atoms with van der Waals surface area (Å²) in [4.78, 5) is 0. The molecule has 2 aromatic rings. The molecule has 0 aromatic heterocycles. The number of methoxy groups -OCH3 is 1. The Morgan fingerprint density at radius 1 is 0.727 bits per heavy atom. The lowest BCUT2D eigenvalue weighted by Gasteiger charge is -2.11. The van der Waals surface area contributed by atoms with Crippen molar-refractivity contribution in [1.82, 2.24) is 0 Å². The van der Waals surface area contributed by atoms with E-state index in [1.807, 2.05) is 55.5 Å². The fraction of sp³-hybridized carbons (Fsp3) is 0.333. The summed E-state index contributed by atoms with van der Waals surface area (Å²) in [6.07, 6.45) is 0.797. The van der Waals surface area contributed by atoms with Crippen molar-refractivity contribution in [2.24, 2.45) is 0 Å². The van der Waals surface area contributed by atoms with Crippen LogP contribution in [0.5, 0.6) is 23.0 Å². The van der Waals surface area contributed by atoms with Crippen molar-refractivity contribution < 1.29 is 18.9 Å². The summed E-state index contributed by atoms with van der Waals surface area (Å²) >= 11 is 0. The molecular formula is C18H22O4. The third-order valence-electron chi connectivity index (χ3n) is 3.02. The van der Waals surface area contributed by atoms with Crippen LogP contribution in [0.4, 0.5) is 0 Å². The molecule has 0 atom stereocenters. The molecule has 4 heteroatoms. The molecule has 0 bridgehead atoms. The van der Waals surface area contributed by atoms with Crippen molar-refractivity contribution in [1.29, 1.82) is 0 Å². The highest BCUT2D eigenvalue weighted by molar-refractivity contribution is 5.39. The number of ether oxygens (including phenoxy) is 4. The first-order valence-corrected chi connectivity index (χ1v) is 7.45. The molecule has 0 amide bonds. The van der Waals surface area contributed by atoms with Crippen molar-refractivity contribution in [3.05, 3.63) is 48.5 Å². The maximum absolute atomic E-state index is 5.69. The Balaban J connectivity index is 1.68. The Hall–Kier alpha value is -2.36. The minimum atomic E-state index is 0.581. The zero-order chi connectivity index (χ0) is 15.6. The van der Waals surface area contributed by atoms with Crippen molar-refractivity contribution in [3.8, 4) is 23.0 Å². The zero-order valence-corrected chi connectivity index (χ0v) is 13.1. The average molecular weight is 302 g/mol. The first-order chi connectivity index (χ1) is 10.8. The molecular weight excluding hydrogens is 280 g/mol. The summed E-state index contributed by atoms with van der Waals surface area (Å²) in [6, 6.07) is 15.2. The number of hydrogen-bond acceptors (Lipinski definition) is 4. The zero-order valence-electron chi connectivity index (χ0n) is 13.1. The summed E-state index contributed by atoms with van der Waals surface area (Å²) in [7, 11) is 1.64.